The lowest BCUT2D eigenvalue weighted by Gasteiger charge is -2.42. The zero-order valence-electron chi connectivity index (χ0n) is 22.2. The van der Waals surface area contributed by atoms with E-state index in [9.17, 15) is 14.7 Å². The summed E-state index contributed by atoms with van der Waals surface area (Å²) in [6, 6.07) is 20.0. The number of aromatic hydroxyl groups is 1. The quantitative estimate of drug-likeness (QED) is 0.205. The van der Waals surface area contributed by atoms with Crippen LogP contribution in [0.25, 0.3) is 0 Å². The first-order valence-electron chi connectivity index (χ1n) is 12.8. The Bertz CT molecular complexity index is 1090. The number of carbonyl (C=O) groups is 1. The minimum Gasteiger partial charge on any atom is -0.493 e. The first-order valence-corrected chi connectivity index (χ1v) is 14.8. The van der Waals surface area contributed by atoms with E-state index in [0.717, 1.165) is 36.1 Å². The maximum absolute atomic E-state index is 12.4. The van der Waals surface area contributed by atoms with E-state index in [1.165, 1.54) is 10.9 Å². The lowest BCUT2D eigenvalue weighted by atomic mass is 9.94. The van der Waals surface area contributed by atoms with E-state index < -0.39 is 19.8 Å². The minimum absolute atomic E-state index is 0.0921. The predicted molar refractivity (Wildman–Crippen MR) is 146 cm³/mol. The van der Waals surface area contributed by atoms with Gasteiger partial charge in [0.1, 0.15) is 5.56 Å². The van der Waals surface area contributed by atoms with Crippen LogP contribution in [0.2, 0.25) is 5.04 Å². The van der Waals surface area contributed by atoms with Crippen LogP contribution in [0.1, 0.15) is 77.1 Å². The van der Waals surface area contributed by atoms with E-state index in [0.29, 0.717) is 13.0 Å². The van der Waals surface area contributed by atoms with Gasteiger partial charge in [-0.1, -0.05) is 94.3 Å². The molecule has 0 atom stereocenters. The topological polar surface area (TPSA) is 84.6 Å². The van der Waals surface area contributed by atoms with E-state index in [1.807, 2.05) is 81.4 Å². The third-order valence-electron chi connectivity index (χ3n) is 7.22. The minimum atomic E-state index is -3.08. The van der Waals surface area contributed by atoms with Crippen molar-refractivity contribution < 1.29 is 19.4 Å². The Hall–Kier alpha value is -2.90. The molecule has 0 radical (unpaired) electrons. The highest BCUT2D eigenvalue weighted by atomic mass is 28.4. The van der Waals surface area contributed by atoms with Gasteiger partial charge in [-0.3, -0.25) is 0 Å². The van der Waals surface area contributed by atoms with Gasteiger partial charge in [-0.25, -0.2) is 9.48 Å². The Morgan fingerprint density at radius 3 is 2.03 bits per heavy atom. The van der Waals surface area contributed by atoms with Gasteiger partial charge in [0.2, 0.25) is 5.88 Å². The number of hydrogen-bond acceptors (Lipinski definition) is 5. The van der Waals surface area contributed by atoms with Gasteiger partial charge in [-0.15, -0.1) is 0 Å². The summed E-state index contributed by atoms with van der Waals surface area (Å²) in [7, 11) is -3.08. The summed E-state index contributed by atoms with van der Waals surface area (Å²) in [5.74, 6) is -0.717. The molecule has 36 heavy (non-hydrogen) atoms. The van der Waals surface area contributed by atoms with Gasteiger partial charge in [-0.05, 0) is 48.5 Å². The summed E-state index contributed by atoms with van der Waals surface area (Å²) in [6.07, 6.45) is 5.40. The van der Waals surface area contributed by atoms with Crippen LogP contribution < -0.4 is 10.4 Å². The highest BCUT2D eigenvalue weighted by molar-refractivity contribution is 6.98. The molecule has 6 nitrogen and oxygen atoms in total. The van der Waals surface area contributed by atoms with E-state index in [4.69, 9.17) is 4.74 Å². The van der Waals surface area contributed by atoms with Gasteiger partial charge in [0.15, 0.2) is 0 Å². The number of nitrogens with zero attached hydrogens (tertiary/aromatic N) is 2. The smallest absolute Gasteiger partial charge is 0.345 e. The molecule has 0 amide bonds. The SMILES string of the molecule is CCCCOC(=O)c1cnn(C(C)(C)CCCC(C)(C)[Si](O)(c2ccccc2)c2ccccc2)c1O. The molecule has 0 aliphatic rings. The average molecular weight is 509 g/mol. The van der Waals surface area contributed by atoms with Crippen LogP contribution >= 0.6 is 0 Å². The third kappa shape index (κ3) is 5.73. The van der Waals surface area contributed by atoms with Crippen LogP contribution in [-0.4, -0.2) is 40.6 Å². The van der Waals surface area contributed by atoms with E-state index in [-0.39, 0.29) is 16.5 Å². The maximum atomic E-state index is 12.4. The molecule has 0 aliphatic heterocycles. The molecule has 7 heteroatoms. The Labute approximate surface area is 216 Å². The fraction of sp³-hybridized carbons (Fsp3) is 0.448. The van der Waals surface area contributed by atoms with Crippen molar-refractivity contribution in [2.45, 2.75) is 77.3 Å². The zero-order chi connectivity index (χ0) is 26.4. The van der Waals surface area contributed by atoms with Gasteiger partial charge >= 0.3 is 5.97 Å². The summed E-state index contributed by atoms with van der Waals surface area (Å²) < 4.78 is 6.76. The summed E-state index contributed by atoms with van der Waals surface area (Å²) >= 11 is 0. The first-order chi connectivity index (χ1) is 17.0. The Morgan fingerprint density at radius 1 is 0.944 bits per heavy atom. The highest BCUT2D eigenvalue weighted by Gasteiger charge is 2.49. The largest absolute Gasteiger partial charge is 0.493 e. The van der Waals surface area contributed by atoms with E-state index in [2.05, 4.69) is 18.9 Å². The molecule has 2 aromatic carbocycles. The molecule has 3 rings (SSSR count). The Kier molecular flexibility index (Phi) is 8.79. The molecule has 0 unspecified atom stereocenters. The number of benzene rings is 2. The fourth-order valence-electron chi connectivity index (χ4n) is 4.87. The van der Waals surface area contributed by atoms with Crippen molar-refractivity contribution in [1.29, 1.82) is 0 Å². The summed E-state index contributed by atoms with van der Waals surface area (Å²) in [4.78, 5) is 24.7. The number of unbranched alkanes of at least 4 members (excludes halogenated alkanes) is 1. The number of hydrogen-bond donors (Lipinski definition) is 2. The second-order valence-corrected chi connectivity index (χ2v) is 14.7. The molecule has 194 valence electrons. The molecule has 0 aliphatic carbocycles. The fourth-order valence-corrected chi connectivity index (χ4v) is 8.66. The van der Waals surface area contributed by atoms with Crippen molar-refractivity contribution in [2.75, 3.05) is 6.61 Å². The highest BCUT2D eigenvalue weighted by Crippen LogP contribution is 2.41. The average Bonchev–Trinajstić information content (AvgIpc) is 3.26. The molecule has 3 aromatic rings. The summed E-state index contributed by atoms with van der Waals surface area (Å²) in [5.41, 5.74) is -0.434. The van der Waals surface area contributed by atoms with E-state index in [1.54, 1.807) is 0 Å². The van der Waals surface area contributed by atoms with Crippen LogP contribution in [0.15, 0.2) is 66.9 Å². The number of aromatic nitrogens is 2. The number of esters is 1. The van der Waals surface area contributed by atoms with Crippen LogP contribution in [0, 0.1) is 0 Å². The van der Waals surface area contributed by atoms with Crippen molar-refractivity contribution in [3.63, 3.8) is 0 Å². The number of carbonyl (C=O) groups excluding carboxylic acids is 1. The normalized spacial score (nSPS) is 12.5. The van der Waals surface area contributed by atoms with Crippen molar-refractivity contribution in [3.05, 3.63) is 72.4 Å². The first kappa shape index (κ1) is 27.7. The molecule has 1 aromatic heterocycles. The zero-order valence-corrected chi connectivity index (χ0v) is 23.2. The van der Waals surface area contributed by atoms with E-state index >= 15 is 0 Å². The van der Waals surface area contributed by atoms with Crippen LogP contribution in [0.5, 0.6) is 5.88 Å². The summed E-state index contributed by atoms with van der Waals surface area (Å²) in [5, 5.41) is 16.7. The predicted octanol–water partition coefficient (Wildman–Crippen LogP) is 4.98. The van der Waals surface area contributed by atoms with Gasteiger partial charge < -0.3 is 14.6 Å². The molecule has 0 saturated carbocycles. The lowest BCUT2D eigenvalue weighted by Crippen LogP contribution is -2.65. The van der Waals surface area contributed by atoms with Crippen molar-refractivity contribution in [2.24, 2.45) is 0 Å². The Balaban J connectivity index is 1.76. The maximum Gasteiger partial charge on any atom is 0.345 e. The van der Waals surface area contributed by atoms with Gasteiger partial charge in [0.05, 0.1) is 18.3 Å². The van der Waals surface area contributed by atoms with Gasteiger partial charge in [-0.2, -0.15) is 5.10 Å². The van der Waals surface area contributed by atoms with Crippen LogP contribution in [0.4, 0.5) is 0 Å². The molecule has 2 N–H and O–H groups in total. The molecule has 0 saturated heterocycles. The number of ether oxygens (including phenoxy) is 1. The van der Waals surface area contributed by atoms with Crippen molar-refractivity contribution >= 4 is 24.7 Å². The molecular formula is C29H40N2O4Si. The second kappa shape index (κ2) is 11.4. The van der Waals surface area contributed by atoms with Crippen molar-refractivity contribution in [3.8, 4) is 5.88 Å². The van der Waals surface area contributed by atoms with Crippen LogP contribution in [-0.2, 0) is 10.3 Å². The lowest BCUT2D eigenvalue weighted by molar-refractivity contribution is 0.0495. The Morgan fingerprint density at radius 2 is 1.50 bits per heavy atom. The molecular weight excluding hydrogens is 468 g/mol. The van der Waals surface area contributed by atoms with Crippen molar-refractivity contribution in [1.82, 2.24) is 9.78 Å². The van der Waals surface area contributed by atoms with Crippen LogP contribution in [0.3, 0.4) is 0 Å². The standard InChI is InChI=1S/C29H40N2O4Si/c1-6-7-21-35-27(33)25-22-30-31(26(25)32)28(2,3)19-14-20-29(4,5)36(34,23-15-10-8-11-16-23)24-17-12-9-13-18-24/h8-13,15-18,22,32,34H,6-7,14,19-21H2,1-5H3. The molecule has 0 bridgehead atoms. The molecule has 0 fully saturated rings. The second-order valence-electron chi connectivity index (χ2n) is 10.8. The molecule has 1 heterocycles. The third-order valence-corrected chi connectivity index (χ3v) is 11.8. The summed E-state index contributed by atoms with van der Waals surface area (Å²) in [6.45, 7) is 10.7. The van der Waals surface area contributed by atoms with Gasteiger partial charge in [0.25, 0.3) is 8.32 Å². The monoisotopic (exact) mass is 508 g/mol. The molecule has 0 spiro atoms. The van der Waals surface area contributed by atoms with Gasteiger partial charge in [0, 0.05) is 0 Å². The number of rotatable bonds is 12.